The number of amides is 1. The van der Waals surface area contributed by atoms with Crippen LogP contribution in [-0.4, -0.2) is 47.1 Å². The smallest absolute Gasteiger partial charge is 0.258 e. The Labute approximate surface area is 199 Å². The van der Waals surface area contributed by atoms with Crippen LogP contribution in [-0.2, 0) is 19.5 Å². The van der Waals surface area contributed by atoms with Crippen molar-refractivity contribution >= 4 is 23.3 Å². The van der Waals surface area contributed by atoms with Crippen molar-refractivity contribution in [1.82, 2.24) is 34.6 Å². The highest BCUT2D eigenvalue weighted by Gasteiger charge is 2.28. The molecular formula is C23H20ClFN8O. The first kappa shape index (κ1) is 21.9. The number of aromatic nitrogens is 6. The first-order valence-electron chi connectivity index (χ1n) is 10.7. The van der Waals surface area contributed by atoms with Gasteiger partial charge in [-0.25, -0.2) is 19.3 Å². The van der Waals surface area contributed by atoms with Crippen LogP contribution in [0.25, 0.3) is 22.4 Å². The summed E-state index contributed by atoms with van der Waals surface area (Å²) in [4.78, 5) is 27.6. The number of carbonyl (C=O) groups excluding carboxylic acids is 1. The van der Waals surface area contributed by atoms with Crippen LogP contribution in [0.5, 0.6) is 0 Å². The number of pyridine rings is 1. The van der Waals surface area contributed by atoms with Gasteiger partial charge in [-0.3, -0.25) is 4.79 Å². The second kappa shape index (κ2) is 8.79. The van der Waals surface area contributed by atoms with Crippen molar-refractivity contribution in [2.75, 3.05) is 12.3 Å². The molecule has 34 heavy (non-hydrogen) atoms. The van der Waals surface area contributed by atoms with Gasteiger partial charge in [-0.2, -0.15) is 0 Å². The summed E-state index contributed by atoms with van der Waals surface area (Å²) >= 11 is 6.48. The highest BCUT2D eigenvalue weighted by Crippen LogP contribution is 2.36. The Morgan fingerprint density at radius 1 is 1.18 bits per heavy atom. The van der Waals surface area contributed by atoms with E-state index in [1.54, 1.807) is 24.7 Å². The quantitative estimate of drug-likeness (QED) is 0.478. The summed E-state index contributed by atoms with van der Waals surface area (Å²) in [6, 6.07) is 6.33. The van der Waals surface area contributed by atoms with Crippen LogP contribution in [0.4, 0.5) is 10.2 Å². The van der Waals surface area contributed by atoms with Crippen molar-refractivity contribution in [2.24, 2.45) is 0 Å². The lowest BCUT2D eigenvalue weighted by Gasteiger charge is -2.27. The average Bonchev–Trinajstić information content (AvgIpc) is 3.31. The number of halogens is 2. The third-order valence-corrected chi connectivity index (χ3v) is 6.09. The minimum atomic E-state index is -0.724. The average molecular weight is 479 g/mol. The maximum Gasteiger partial charge on any atom is 0.258 e. The molecule has 1 aliphatic heterocycles. The van der Waals surface area contributed by atoms with Gasteiger partial charge in [-0.05, 0) is 30.7 Å². The Morgan fingerprint density at radius 2 is 2.03 bits per heavy atom. The van der Waals surface area contributed by atoms with Crippen molar-refractivity contribution in [3.63, 3.8) is 0 Å². The minimum Gasteiger partial charge on any atom is -0.384 e. The summed E-state index contributed by atoms with van der Waals surface area (Å²) in [5.74, 6) is -0.198. The van der Waals surface area contributed by atoms with E-state index in [-0.39, 0.29) is 17.1 Å². The molecule has 4 aromatic rings. The molecule has 0 fully saturated rings. The number of anilines is 1. The summed E-state index contributed by atoms with van der Waals surface area (Å²) in [7, 11) is 0. The van der Waals surface area contributed by atoms with Gasteiger partial charge in [-0.15, -0.1) is 10.2 Å². The number of nitrogens with zero attached hydrogens (tertiary/aromatic N) is 7. The molecule has 172 valence electrons. The van der Waals surface area contributed by atoms with Crippen LogP contribution in [0, 0.1) is 5.82 Å². The van der Waals surface area contributed by atoms with Crippen LogP contribution >= 0.6 is 11.6 Å². The van der Waals surface area contributed by atoms with E-state index in [0.717, 1.165) is 11.3 Å². The Balaban J connectivity index is 1.55. The lowest BCUT2D eigenvalue weighted by molar-refractivity contribution is 0.0703. The number of nitrogens with two attached hydrogens (primary N) is 1. The maximum absolute atomic E-state index is 15.4. The zero-order chi connectivity index (χ0) is 23.8. The predicted molar refractivity (Wildman–Crippen MR) is 124 cm³/mol. The summed E-state index contributed by atoms with van der Waals surface area (Å²) in [6.07, 6.45) is 5.29. The van der Waals surface area contributed by atoms with Gasteiger partial charge in [0.2, 0.25) is 0 Å². The van der Waals surface area contributed by atoms with Crippen molar-refractivity contribution < 1.29 is 9.18 Å². The minimum absolute atomic E-state index is 0.00471. The van der Waals surface area contributed by atoms with E-state index in [4.69, 9.17) is 17.3 Å². The molecule has 11 heteroatoms. The molecule has 0 radical (unpaired) electrons. The van der Waals surface area contributed by atoms with E-state index in [2.05, 4.69) is 25.1 Å². The van der Waals surface area contributed by atoms with E-state index >= 15 is 4.39 Å². The molecule has 0 unspecified atom stereocenters. The maximum atomic E-state index is 15.4. The second-order valence-electron chi connectivity index (χ2n) is 7.85. The summed E-state index contributed by atoms with van der Waals surface area (Å²) in [5, 5.41) is 7.87. The second-order valence-corrected chi connectivity index (χ2v) is 8.26. The molecule has 1 aliphatic rings. The van der Waals surface area contributed by atoms with Crippen molar-refractivity contribution in [3.05, 3.63) is 71.0 Å². The van der Waals surface area contributed by atoms with Crippen molar-refractivity contribution in [1.29, 1.82) is 0 Å². The molecule has 1 aromatic carbocycles. The molecule has 0 spiro atoms. The first-order valence-corrected chi connectivity index (χ1v) is 11.0. The largest absolute Gasteiger partial charge is 0.384 e. The molecule has 9 nitrogen and oxygen atoms in total. The van der Waals surface area contributed by atoms with Gasteiger partial charge in [-0.1, -0.05) is 18.5 Å². The fourth-order valence-electron chi connectivity index (χ4n) is 4.08. The van der Waals surface area contributed by atoms with Gasteiger partial charge in [0.05, 0.1) is 28.5 Å². The number of carbonyl (C=O) groups is 1. The van der Waals surface area contributed by atoms with E-state index < -0.39 is 11.7 Å². The number of benzene rings is 1. The normalized spacial score (nSPS) is 13.1. The Hall–Kier alpha value is -3.92. The van der Waals surface area contributed by atoms with Crippen LogP contribution in [0.2, 0.25) is 5.02 Å². The fourth-order valence-corrected chi connectivity index (χ4v) is 4.37. The molecule has 0 saturated heterocycles. The van der Waals surface area contributed by atoms with Gasteiger partial charge < -0.3 is 15.2 Å². The van der Waals surface area contributed by atoms with Crippen LogP contribution in [0.15, 0.2) is 43.1 Å². The van der Waals surface area contributed by atoms with Crippen LogP contribution in [0.1, 0.15) is 28.8 Å². The molecule has 4 heterocycles. The van der Waals surface area contributed by atoms with Gasteiger partial charge in [0, 0.05) is 36.0 Å². The first-order chi connectivity index (χ1) is 16.5. The summed E-state index contributed by atoms with van der Waals surface area (Å²) < 4.78 is 17.2. The van der Waals surface area contributed by atoms with Gasteiger partial charge in [0.1, 0.15) is 24.3 Å². The van der Waals surface area contributed by atoms with E-state index in [0.29, 0.717) is 48.0 Å². The highest BCUT2D eigenvalue weighted by molar-refractivity contribution is 6.34. The topological polar surface area (TPSA) is 116 Å². The zero-order valence-electron chi connectivity index (χ0n) is 18.2. The number of hydrogen-bond donors (Lipinski definition) is 1. The lowest BCUT2D eigenvalue weighted by Crippen LogP contribution is -2.38. The van der Waals surface area contributed by atoms with Gasteiger partial charge in [0.15, 0.2) is 5.82 Å². The predicted octanol–water partition coefficient (Wildman–Crippen LogP) is 3.39. The third kappa shape index (κ3) is 3.86. The Bertz CT molecular complexity index is 1370. The van der Waals surface area contributed by atoms with E-state index in [9.17, 15) is 4.79 Å². The monoisotopic (exact) mass is 478 g/mol. The molecule has 2 N–H and O–H groups in total. The highest BCUT2D eigenvalue weighted by atomic mass is 35.5. The number of rotatable bonds is 4. The lowest BCUT2D eigenvalue weighted by atomic mass is 9.96. The van der Waals surface area contributed by atoms with Crippen molar-refractivity contribution in [2.45, 2.75) is 26.4 Å². The summed E-state index contributed by atoms with van der Waals surface area (Å²) in [5.41, 5.74) is 8.70. The molecule has 0 aliphatic carbocycles. The Kier molecular flexibility index (Phi) is 5.66. The molecular weight excluding hydrogens is 459 g/mol. The zero-order valence-corrected chi connectivity index (χ0v) is 19.0. The number of fused-ring (bicyclic) bond motifs is 1. The standard InChI is InChI=1S/C23H20ClFN8O/c1-2-17-20(13-3-4-18(26)27-9-13)22(29-11-28-17)14-7-15(24)21(16(25)8-14)23(34)32-5-6-33-12-30-31-19(33)10-32/h3-4,7-9,11-12H,2,5-6,10H2,1H3,(H2,26,27). The van der Waals surface area contributed by atoms with E-state index in [1.165, 1.54) is 17.3 Å². The number of hydrogen-bond acceptors (Lipinski definition) is 7. The fraction of sp³-hybridized carbons (Fsp3) is 0.217. The molecule has 3 aromatic heterocycles. The molecule has 0 bridgehead atoms. The van der Waals surface area contributed by atoms with Crippen LogP contribution in [0.3, 0.4) is 0 Å². The summed E-state index contributed by atoms with van der Waals surface area (Å²) in [6.45, 7) is 3.14. The SMILES string of the molecule is CCc1ncnc(-c2cc(F)c(C(=O)N3CCn4cnnc4C3)c(Cl)c2)c1-c1ccc(N)nc1. The number of aryl methyl sites for hydroxylation is 1. The Morgan fingerprint density at radius 3 is 2.76 bits per heavy atom. The van der Waals surface area contributed by atoms with Gasteiger partial charge in [0.25, 0.3) is 5.91 Å². The third-order valence-electron chi connectivity index (χ3n) is 5.79. The molecule has 0 saturated carbocycles. The van der Waals surface area contributed by atoms with Gasteiger partial charge >= 0.3 is 0 Å². The molecule has 1 amide bonds. The molecule has 5 rings (SSSR count). The van der Waals surface area contributed by atoms with Crippen LogP contribution < -0.4 is 5.73 Å². The van der Waals surface area contributed by atoms with E-state index in [1.807, 2.05) is 17.6 Å². The molecule has 0 atom stereocenters. The van der Waals surface area contributed by atoms with Crippen molar-refractivity contribution in [3.8, 4) is 22.4 Å². The number of nitrogen functional groups attached to an aromatic ring is 1.